The molecule has 0 spiro atoms. The maximum absolute atomic E-state index is 12.3. The third kappa shape index (κ3) is 3.52. The molecule has 0 aromatic heterocycles. The van der Waals surface area contributed by atoms with Crippen LogP contribution in [0.1, 0.15) is 10.4 Å². The van der Waals surface area contributed by atoms with Gasteiger partial charge in [0, 0.05) is 5.02 Å². The Morgan fingerprint density at radius 2 is 1.93 bits per heavy atom. The van der Waals surface area contributed by atoms with Gasteiger partial charge in [0.25, 0.3) is 0 Å². The van der Waals surface area contributed by atoms with Crippen LogP contribution in [0.4, 0.5) is 4.39 Å². The lowest BCUT2D eigenvalue weighted by atomic mass is 10.2. The molecular weight excluding hydrogens is 223 g/mol. The van der Waals surface area contributed by atoms with E-state index in [0.717, 1.165) is 0 Å². The van der Waals surface area contributed by atoms with Crippen LogP contribution in [0, 0.1) is 0 Å². The van der Waals surface area contributed by atoms with Gasteiger partial charge in [0.15, 0.2) is 12.1 Å². The molecule has 0 radical (unpaired) electrons. The fraction of sp³-hybridized carbons (Fsp3) is 0. The third-order valence-corrected chi connectivity index (χ3v) is 1.72. The number of carbonyl (C=O) groups is 2. The van der Waals surface area contributed by atoms with Crippen molar-refractivity contribution in [2.45, 2.75) is 0 Å². The minimum atomic E-state index is -1.16. The van der Waals surface area contributed by atoms with Gasteiger partial charge in [0.05, 0.1) is 5.56 Å². The highest BCUT2D eigenvalue weighted by atomic mass is 35.5. The van der Waals surface area contributed by atoms with Gasteiger partial charge >= 0.3 is 5.97 Å². The Kier molecular flexibility index (Phi) is 4.00. The summed E-state index contributed by atoms with van der Waals surface area (Å²) in [6, 6.07) is 5.85. The lowest BCUT2D eigenvalue weighted by Crippen LogP contribution is -2.00. The minimum absolute atomic E-state index is 0.0604. The predicted molar refractivity (Wildman–Crippen MR) is 52.1 cm³/mol. The van der Waals surface area contributed by atoms with Crippen LogP contribution in [-0.2, 0) is 9.53 Å². The maximum atomic E-state index is 12.3. The lowest BCUT2D eigenvalue weighted by Gasteiger charge is -1.98. The van der Waals surface area contributed by atoms with E-state index in [1.54, 1.807) is 0 Å². The van der Waals surface area contributed by atoms with Crippen LogP contribution in [0.2, 0.25) is 5.02 Å². The number of benzene rings is 1. The number of allylic oxidation sites excluding steroid dienone is 1. The first-order valence-corrected chi connectivity index (χ1v) is 4.28. The number of ether oxygens (including phenoxy) is 1. The molecule has 0 aliphatic rings. The van der Waals surface area contributed by atoms with Gasteiger partial charge in [-0.25, -0.2) is 4.79 Å². The van der Waals surface area contributed by atoms with Gasteiger partial charge in [0.1, 0.15) is 6.26 Å². The molecule has 0 aliphatic heterocycles. The summed E-state index contributed by atoms with van der Waals surface area (Å²) in [5, 5.41) is 0.473. The van der Waals surface area contributed by atoms with Crippen molar-refractivity contribution in [2.24, 2.45) is 0 Å². The summed E-state index contributed by atoms with van der Waals surface area (Å²) >= 11 is 5.60. The van der Waals surface area contributed by atoms with Crippen LogP contribution >= 0.6 is 11.6 Å². The molecule has 15 heavy (non-hydrogen) atoms. The number of hydrogen-bond donors (Lipinski definition) is 0. The Balaban J connectivity index is 2.69. The Morgan fingerprint density at radius 1 is 1.33 bits per heavy atom. The van der Waals surface area contributed by atoms with Crippen LogP contribution in [0.15, 0.2) is 36.4 Å². The normalized spacial score (nSPS) is 10.9. The summed E-state index contributed by atoms with van der Waals surface area (Å²) in [4.78, 5) is 21.0. The van der Waals surface area contributed by atoms with E-state index < -0.39 is 11.8 Å². The van der Waals surface area contributed by atoms with E-state index in [2.05, 4.69) is 4.74 Å². The number of hydrogen-bond acceptors (Lipinski definition) is 3. The van der Waals surface area contributed by atoms with Gasteiger partial charge in [0.2, 0.25) is 0 Å². The molecule has 0 unspecified atom stereocenters. The smallest absolute Gasteiger partial charge is 0.343 e. The van der Waals surface area contributed by atoms with Crippen LogP contribution in [0.5, 0.6) is 0 Å². The van der Waals surface area contributed by atoms with Gasteiger partial charge < -0.3 is 4.74 Å². The zero-order chi connectivity index (χ0) is 11.3. The first-order valence-electron chi connectivity index (χ1n) is 3.91. The highest BCUT2D eigenvalue weighted by Crippen LogP contribution is 2.10. The fourth-order valence-electron chi connectivity index (χ4n) is 0.792. The molecule has 0 fully saturated rings. The van der Waals surface area contributed by atoms with Crippen molar-refractivity contribution in [3.8, 4) is 0 Å². The molecule has 0 saturated carbocycles. The van der Waals surface area contributed by atoms with Crippen molar-refractivity contribution < 1.29 is 18.7 Å². The monoisotopic (exact) mass is 228 g/mol. The summed E-state index contributed by atoms with van der Waals surface area (Å²) in [5.74, 6) is -1.92. The second-order valence-electron chi connectivity index (χ2n) is 2.53. The van der Waals surface area contributed by atoms with Gasteiger partial charge in [-0.2, -0.15) is 4.39 Å². The zero-order valence-electron chi connectivity index (χ0n) is 7.44. The average molecular weight is 229 g/mol. The minimum Gasteiger partial charge on any atom is -0.428 e. The molecule has 0 N–H and O–H groups in total. The first kappa shape index (κ1) is 11.4. The Morgan fingerprint density at radius 3 is 2.47 bits per heavy atom. The molecule has 3 nitrogen and oxygen atoms in total. The molecule has 0 heterocycles. The number of carbonyl (C=O) groups excluding carboxylic acids is 2. The molecule has 0 aliphatic carbocycles. The summed E-state index contributed by atoms with van der Waals surface area (Å²) in [5.41, 5.74) is 0.217. The second kappa shape index (κ2) is 5.26. The fourth-order valence-corrected chi connectivity index (χ4v) is 0.918. The predicted octanol–water partition coefficient (Wildman–Crippen LogP) is 2.51. The Bertz CT molecular complexity index is 398. The highest BCUT2D eigenvalue weighted by Gasteiger charge is 2.05. The molecule has 0 bridgehead atoms. The van der Waals surface area contributed by atoms with Crippen LogP contribution in [0.25, 0.3) is 0 Å². The van der Waals surface area contributed by atoms with Gasteiger partial charge in [-0.15, -0.1) is 0 Å². The van der Waals surface area contributed by atoms with E-state index in [1.807, 2.05) is 0 Å². The zero-order valence-corrected chi connectivity index (χ0v) is 8.20. The molecule has 1 aromatic carbocycles. The van der Waals surface area contributed by atoms with Crippen molar-refractivity contribution in [1.29, 1.82) is 0 Å². The molecule has 0 amide bonds. The van der Waals surface area contributed by atoms with E-state index in [0.29, 0.717) is 11.3 Å². The van der Waals surface area contributed by atoms with Crippen LogP contribution < -0.4 is 0 Å². The van der Waals surface area contributed by atoms with E-state index >= 15 is 0 Å². The van der Waals surface area contributed by atoms with Crippen molar-refractivity contribution in [1.82, 2.24) is 0 Å². The summed E-state index contributed by atoms with van der Waals surface area (Å²) in [6.07, 6.45) is 0.388. The van der Waals surface area contributed by atoms with E-state index in [-0.39, 0.29) is 11.8 Å². The van der Waals surface area contributed by atoms with Crippen molar-refractivity contribution in [3.63, 3.8) is 0 Å². The van der Waals surface area contributed by atoms with Gasteiger partial charge in [-0.05, 0) is 24.3 Å². The van der Waals surface area contributed by atoms with Gasteiger partial charge in [-0.1, -0.05) is 11.6 Å². The molecule has 0 atom stereocenters. The second-order valence-corrected chi connectivity index (χ2v) is 2.97. The number of rotatable bonds is 3. The topological polar surface area (TPSA) is 43.4 Å². The van der Waals surface area contributed by atoms with E-state index in [9.17, 15) is 14.0 Å². The third-order valence-electron chi connectivity index (χ3n) is 1.47. The molecule has 78 valence electrons. The quantitative estimate of drug-likeness (QED) is 0.346. The standard InChI is InChI=1S/C10H6ClFO3/c11-8-3-1-7(2-4-8)10(14)15-6-9(12)5-13/h1-6H/b9-6-. The van der Waals surface area contributed by atoms with Crippen molar-refractivity contribution >= 4 is 23.9 Å². The number of halogens is 2. The largest absolute Gasteiger partial charge is 0.428 e. The Hall–Kier alpha value is -1.68. The van der Waals surface area contributed by atoms with Crippen LogP contribution in [0.3, 0.4) is 0 Å². The summed E-state index contributed by atoms with van der Waals surface area (Å²) in [7, 11) is 0. The highest BCUT2D eigenvalue weighted by molar-refractivity contribution is 6.30. The number of aldehydes is 1. The SMILES string of the molecule is O=C/C(F)=C/OC(=O)c1ccc(Cl)cc1. The van der Waals surface area contributed by atoms with Gasteiger partial charge in [-0.3, -0.25) is 4.79 Å². The lowest BCUT2D eigenvalue weighted by molar-refractivity contribution is -0.106. The molecule has 5 heteroatoms. The van der Waals surface area contributed by atoms with E-state index in [4.69, 9.17) is 11.6 Å². The molecular formula is C10H6ClFO3. The molecule has 1 rings (SSSR count). The summed E-state index contributed by atoms with van der Waals surface area (Å²) < 4.78 is 16.6. The maximum Gasteiger partial charge on any atom is 0.343 e. The Labute approximate surface area is 90.1 Å². The van der Waals surface area contributed by atoms with Crippen molar-refractivity contribution in [2.75, 3.05) is 0 Å². The van der Waals surface area contributed by atoms with Crippen molar-refractivity contribution in [3.05, 3.63) is 46.9 Å². The average Bonchev–Trinajstić information content (AvgIpc) is 2.26. The van der Waals surface area contributed by atoms with E-state index in [1.165, 1.54) is 24.3 Å². The summed E-state index contributed by atoms with van der Waals surface area (Å²) in [6.45, 7) is 0. The molecule has 0 saturated heterocycles. The van der Waals surface area contributed by atoms with Crippen LogP contribution in [-0.4, -0.2) is 12.3 Å². The molecule has 1 aromatic rings. The first-order chi connectivity index (χ1) is 7.13. The number of esters is 1.